The Morgan fingerprint density at radius 1 is 0.926 bits per heavy atom. The molecule has 2 aromatic rings. The molecule has 5 atom stereocenters. The second-order valence-electron chi connectivity index (χ2n) is 8.74. The van der Waals surface area contributed by atoms with Gasteiger partial charge in [-0.3, -0.25) is 0 Å². The molecule has 4 aliphatic rings. The lowest BCUT2D eigenvalue weighted by atomic mass is 9.70. The first-order chi connectivity index (χ1) is 13.2. The maximum Gasteiger partial charge on any atom is 0.0582 e. The SMILES string of the molecule is Cc1cc2c3c(c1)C1C=CCC1C(c1ccc(Br)cc1)N3CC1CC=CC21. The Kier molecular flexibility index (Phi) is 3.50. The van der Waals surface area contributed by atoms with Crippen LogP contribution in [0.5, 0.6) is 0 Å². The van der Waals surface area contributed by atoms with Crippen molar-refractivity contribution in [2.24, 2.45) is 11.8 Å². The van der Waals surface area contributed by atoms with Gasteiger partial charge in [-0.25, -0.2) is 0 Å². The molecule has 0 radical (unpaired) electrons. The maximum absolute atomic E-state index is 3.62. The third-order valence-electron chi connectivity index (χ3n) is 7.21. The normalized spacial score (nSPS) is 32.4. The van der Waals surface area contributed by atoms with E-state index >= 15 is 0 Å². The third kappa shape index (κ3) is 2.29. The van der Waals surface area contributed by atoms with Crippen LogP contribution < -0.4 is 4.90 Å². The summed E-state index contributed by atoms with van der Waals surface area (Å²) in [4.78, 5) is 2.79. The minimum absolute atomic E-state index is 0.480. The van der Waals surface area contributed by atoms with Crippen LogP contribution in [0, 0.1) is 18.8 Å². The van der Waals surface area contributed by atoms with Gasteiger partial charge in [-0.15, -0.1) is 0 Å². The van der Waals surface area contributed by atoms with Crippen LogP contribution in [0.15, 0.2) is 65.2 Å². The molecule has 27 heavy (non-hydrogen) atoms. The summed E-state index contributed by atoms with van der Waals surface area (Å²) in [6, 6.07) is 14.5. The fourth-order valence-electron chi connectivity index (χ4n) is 6.17. The van der Waals surface area contributed by atoms with Crippen LogP contribution in [0.25, 0.3) is 0 Å². The van der Waals surface area contributed by atoms with Gasteiger partial charge in [0.2, 0.25) is 0 Å². The molecule has 0 aromatic heterocycles. The summed E-state index contributed by atoms with van der Waals surface area (Å²) in [5.74, 6) is 2.56. The van der Waals surface area contributed by atoms with E-state index in [9.17, 15) is 0 Å². The van der Waals surface area contributed by atoms with E-state index < -0.39 is 0 Å². The number of benzene rings is 2. The van der Waals surface area contributed by atoms with Crippen LogP contribution >= 0.6 is 15.9 Å². The predicted molar refractivity (Wildman–Crippen MR) is 115 cm³/mol. The Balaban J connectivity index is 1.59. The zero-order valence-corrected chi connectivity index (χ0v) is 17.2. The van der Waals surface area contributed by atoms with Gasteiger partial charge in [-0.05, 0) is 60.4 Å². The summed E-state index contributed by atoms with van der Waals surface area (Å²) < 4.78 is 1.17. The number of aryl methyl sites for hydroxylation is 1. The Morgan fingerprint density at radius 3 is 2.44 bits per heavy atom. The first-order valence-electron chi connectivity index (χ1n) is 10.2. The molecule has 0 saturated carbocycles. The Labute approximate surface area is 169 Å². The summed E-state index contributed by atoms with van der Waals surface area (Å²) in [6.45, 7) is 3.46. The van der Waals surface area contributed by atoms with E-state index in [1.54, 1.807) is 16.8 Å². The van der Waals surface area contributed by atoms with Crippen molar-refractivity contribution in [3.63, 3.8) is 0 Å². The predicted octanol–water partition coefficient (Wildman–Crippen LogP) is 6.65. The molecular weight excluding hydrogens is 394 g/mol. The number of anilines is 1. The minimum atomic E-state index is 0.480. The zero-order valence-electron chi connectivity index (χ0n) is 15.6. The highest BCUT2D eigenvalue weighted by Crippen LogP contribution is 2.58. The van der Waals surface area contributed by atoms with E-state index in [-0.39, 0.29) is 0 Å². The molecule has 1 nitrogen and oxygen atoms in total. The number of rotatable bonds is 1. The maximum atomic E-state index is 3.62. The van der Waals surface area contributed by atoms with E-state index in [4.69, 9.17) is 0 Å². The van der Waals surface area contributed by atoms with Gasteiger partial charge in [0.15, 0.2) is 0 Å². The molecular formula is C25H24BrN. The van der Waals surface area contributed by atoms with E-state index in [1.165, 1.54) is 35.0 Å². The molecule has 0 N–H and O–H groups in total. The fourth-order valence-corrected chi connectivity index (χ4v) is 6.44. The molecule has 6 rings (SSSR count). The van der Waals surface area contributed by atoms with Crippen LogP contribution in [0.1, 0.15) is 53.0 Å². The molecule has 0 amide bonds. The summed E-state index contributed by atoms with van der Waals surface area (Å²) in [6.07, 6.45) is 12.2. The number of halogens is 1. The molecule has 0 fully saturated rings. The third-order valence-corrected chi connectivity index (χ3v) is 7.73. The summed E-state index contributed by atoms with van der Waals surface area (Å²) in [5, 5.41) is 0. The van der Waals surface area contributed by atoms with E-state index in [2.05, 4.69) is 88.5 Å². The van der Waals surface area contributed by atoms with Crippen molar-refractivity contribution in [1.82, 2.24) is 0 Å². The number of hydrogen-bond acceptors (Lipinski definition) is 1. The standard InChI is InChI=1S/C25H24BrN/c1-15-12-22-19-5-2-4-17(19)14-27-24(16-8-10-18(26)11-9-16)21-7-3-6-20(21)23(13-15)25(22)27/h2-3,5-6,8-13,17,19-21,24H,4,7,14H2,1H3. The van der Waals surface area contributed by atoms with Crippen LogP contribution in [0.3, 0.4) is 0 Å². The highest BCUT2D eigenvalue weighted by Gasteiger charge is 2.47. The van der Waals surface area contributed by atoms with Gasteiger partial charge < -0.3 is 4.90 Å². The summed E-state index contributed by atoms with van der Waals surface area (Å²) in [5.41, 5.74) is 7.60. The molecule has 2 heterocycles. The Hall–Kier alpha value is -1.80. The van der Waals surface area contributed by atoms with Crippen molar-refractivity contribution in [1.29, 1.82) is 0 Å². The van der Waals surface area contributed by atoms with Crippen molar-refractivity contribution in [2.45, 2.75) is 37.6 Å². The van der Waals surface area contributed by atoms with Crippen molar-refractivity contribution in [3.8, 4) is 0 Å². The smallest absolute Gasteiger partial charge is 0.0582 e. The van der Waals surface area contributed by atoms with Gasteiger partial charge in [0.1, 0.15) is 0 Å². The average molecular weight is 418 g/mol. The van der Waals surface area contributed by atoms with Crippen LogP contribution in [-0.4, -0.2) is 6.54 Å². The van der Waals surface area contributed by atoms with Gasteiger partial charge >= 0.3 is 0 Å². The molecule has 136 valence electrons. The van der Waals surface area contributed by atoms with Crippen LogP contribution in [0.4, 0.5) is 5.69 Å². The molecule has 5 unspecified atom stereocenters. The number of nitrogens with zero attached hydrogens (tertiary/aromatic N) is 1. The highest BCUT2D eigenvalue weighted by atomic mass is 79.9. The second-order valence-corrected chi connectivity index (χ2v) is 9.66. The fraction of sp³-hybridized carbons (Fsp3) is 0.360. The van der Waals surface area contributed by atoms with Crippen LogP contribution in [0.2, 0.25) is 0 Å². The van der Waals surface area contributed by atoms with Crippen molar-refractivity contribution in [2.75, 3.05) is 11.4 Å². The Bertz CT molecular complexity index is 953. The lowest BCUT2D eigenvalue weighted by molar-refractivity contribution is 0.335. The van der Waals surface area contributed by atoms with Gasteiger partial charge in [0.25, 0.3) is 0 Å². The number of hydrogen-bond donors (Lipinski definition) is 0. The first kappa shape index (κ1) is 16.2. The number of fused-ring (bicyclic) bond motifs is 4. The largest absolute Gasteiger partial charge is 0.363 e. The average Bonchev–Trinajstić information content (AvgIpc) is 3.32. The van der Waals surface area contributed by atoms with Gasteiger partial charge in [-0.2, -0.15) is 0 Å². The Morgan fingerprint density at radius 2 is 1.63 bits per heavy atom. The topological polar surface area (TPSA) is 3.24 Å². The molecule has 2 heteroatoms. The van der Waals surface area contributed by atoms with Crippen molar-refractivity contribution < 1.29 is 0 Å². The molecule has 2 aliphatic heterocycles. The lowest BCUT2D eigenvalue weighted by Crippen LogP contribution is -2.46. The van der Waals surface area contributed by atoms with E-state index in [0.717, 1.165) is 5.92 Å². The van der Waals surface area contributed by atoms with E-state index in [1.807, 2.05) is 0 Å². The molecule has 2 aliphatic carbocycles. The monoisotopic (exact) mass is 417 g/mol. The zero-order chi connectivity index (χ0) is 18.1. The lowest BCUT2D eigenvalue weighted by Gasteiger charge is -2.51. The van der Waals surface area contributed by atoms with Gasteiger partial charge in [0.05, 0.1) is 6.04 Å². The second kappa shape index (κ2) is 5.85. The van der Waals surface area contributed by atoms with Crippen molar-refractivity contribution >= 4 is 21.6 Å². The van der Waals surface area contributed by atoms with Crippen molar-refractivity contribution in [3.05, 3.63) is 87.4 Å². The molecule has 0 saturated heterocycles. The number of allylic oxidation sites excluding steroid dienone is 4. The van der Waals surface area contributed by atoms with Gasteiger partial charge in [-0.1, -0.05) is 70.1 Å². The summed E-state index contributed by atoms with van der Waals surface area (Å²) in [7, 11) is 0. The summed E-state index contributed by atoms with van der Waals surface area (Å²) >= 11 is 3.62. The first-order valence-corrected chi connectivity index (χ1v) is 11.0. The van der Waals surface area contributed by atoms with Gasteiger partial charge in [0, 0.05) is 28.5 Å². The molecule has 0 bridgehead atoms. The highest BCUT2D eigenvalue weighted by molar-refractivity contribution is 9.10. The minimum Gasteiger partial charge on any atom is -0.363 e. The molecule has 0 spiro atoms. The van der Waals surface area contributed by atoms with E-state index in [0.29, 0.717) is 23.8 Å². The quantitative estimate of drug-likeness (QED) is 0.469. The van der Waals surface area contributed by atoms with Crippen LogP contribution in [-0.2, 0) is 0 Å². The molecule has 2 aromatic carbocycles.